The van der Waals surface area contributed by atoms with Gasteiger partial charge < -0.3 is 24.7 Å². The Kier molecular flexibility index (Phi) is 9.53. The number of benzene rings is 1. The van der Waals surface area contributed by atoms with Crippen LogP contribution < -0.4 is 10.6 Å². The van der Waals surface area contributed by atoms with E-state index < -0.39 is 5.82 Å². The van der Waals surface area contributed by atoms with Crippen molar-refractivity contribution in [3.63, 3.8) is 0 Å². The number of halogens is 2. The van der Waals surface area contributed by atoms with Gasteiger partial charge in [-0.3, -0.25) is 4.79 Å². The van der Waals surface area contributed by atoms with Crippen LogP contribution in [-0.2, 0) is 9.47 Å². The topological polar surface area (TPSA) is 103 Å². The number of carbonyl (C=O) groups excluding carboxylic acids is 1. The first kappa shape index (κ1) is 26.5. The molecule has 1 saturated heterocycles. The van der Waals surface area contributed by atoms with Gasteiger partial charge in [0.15, 0.2) is 5.82 Å². The summed E-state index contributed by atoms with van der Waals surface area (Å²) in [6.07, 6.45) is 5.24. The molecule has 0 radical (unpaired) electrons. The summed E-state index contributed by atoms with van der Waals surface area (Å²) in [4.78, 5) is 25.2. The molecule has 0 spiro atoms. The number of amides is 1. The average molecular weight is 505 g/mol. The van der Waals surface area contributed by atoms with Crippen molar-refractivity contribution in [2.75, 3.05) is 38.8 Å². The minimum atomic E-state index is -0.515. The number of hydrogen-bond acceptors (Lipinski definition) is 7. The molecule has 1 aliphatic rings. The highest BCUT2D eigenvalue weighted by Crippen LogP contribution is 2.31. The maximum Gasteiger partial charge on any atom is 0.251 e. The second-order valence-electron chi connectivity index (χ2n) is 8.10. The lowest BCUT2D eigenvalue weighted by molar-refractivity contribution is 0.0694. The van der Waals surface area contributed by atoms with Crippen molar-refractivity contribution in [1.82, 2.24) is 24.8 Å². The molecule has 2 N–H and O–H groups in total. The number of carbonyl (C=O) groups is 1. The number of anilines is 2. The van der Waals surface area contributed by atoms with Crippen molar-refractivity contribution >= 4 is 29.9 Å². The second-order valence-corrected chi connectivity index (χ2v) is 8.10. The van der Waals surface area contributed by atoms with Gasteiger partial charge in [0.1, 0.15) is 11.5 Å². The number of nitrogens with zero attached hydrogens (tertiary/aromatic N) is 4. The van der Waals surface area contributed by atoms with Crippen LogP contribution in [0.15, 0.2) is 36.7 Å². The largest absolute Gasteiger partial charge is 0.385 e. The molecule has 4 rings (SSSR count). The van der Waals surface area contributed by atoms with Crippen molar-refractivity contribution in [1.29, 1.82) is 0 Å². The molecule has 3 aromatic rings. The molecule has 1 aliphatic heterocycles. The number of aryl methyl sites for hydroxylation is 1. The molecule has 11 heteroatoms. The Balaban J connectivity index is 0.00000342. The van der Waals surface area contributed by atoms with E-state index in [0.717, 1.165) is 31.3 Å². The third-order valence-corrected chi connectivity index (χ3v) is 5.74. The first-order valence-electron chi connectivity index (χ1n) is 11.4. The van der Waals surface area contributed by atoms with Crippen LogP contribution in [0.4, 0.5) is 16.0 Å². The minimum Gasteiger partial charge on any atom is -0.385 e. The van der Waals surface area contributed by atoms with Gasteiger partial charge in [-0.05, 0) is 50.5 Å². The van der Waals surface area contributed by atoms with Gasteiger partial charge in [0.2, 0.25) is 5.95 Å². The fourth-order valence-corrected chi connectivity index (χ4v) is 3.99. The Morgan fingerprint density at radius 1 is 1.20 bits per heavy atom. The van der Waals surface area contributed by atoms with Crippen LogP contribution in [0.2, 0.25) is 0 Å². The minimum absolute atomic E-state index is 0. The first-order chi connectivity index (χ1) is 16.6. The number of methoxy groups -OCH3 is 1. The third-order valence-electron chi connectivity index (χ3n) is 5.74. The van der Waals surface area contributed by atoms with E-state index >= 15 is 0 Å². The van der Waals surface area contributed by atoms with Gasteiger partial charge in [0.25, 0.3) is 5.91 Å². The highest BCUT2D eigenvalue weighted by atomic mass is 35.5. The SMILES string of the molecule is COCCCNC(=O)c1ccc(Nc2ncc(F)c(-c3cnc(C)n3C3CCOCC3)n2)cc1.Cl. The predicted octanol–water partition coefficient (Wildman–Crippen LogP) is 4.07. The molecule has 0 aliphatic carbocycles. The molecular weight excluding hydrogens is 475 g/mol. The summed E-state index contributed by atoms with van der Waals surface area (Å²) in [5.74, 6) is 0.398. The van der Waals surface area contributed by atoms with Crippen molar-refractivity contribution in [2.24, 2.45) is 0 Å². The monoisotopic (exact) mass is 504 g/mol. The lowest BCUT2D eigenvalue weighted by Gasteiger charge is -2.26. The van der Waals surface area contributed by atoms with Gasteiger partial charge in [-0.15, -0.1) is 12.4 Å². The molecule has 9 nitrogen and oxygen atoms in total. The molecule has 0 unspecified atom stereocenters. The maximum absolute atomic E-state index is 14.8. The Bertz CT molecular complexity index is 1120. The molecule has 2 aromatic heterocycles. The standard InChI is InChI=1S/C24H29FN6O3.ClH/c1-16-27-15-21(31(16)19-8-12-34-13-9-19)22-20(25)14-28-24(30-22)29-18-6-4-17(5-7-18)23(32)26-10-3-11-33-2;/h4-7,14-15,19H,3,8-13H2,1-2H3,(H,26,32)(H,28,29,30);1H. The van der Waals surface area contributed by atoms with Gasteiger partial charge in [-0.25, -0.2) is 19.3 Å². The predicted molar refractivity (Wildman–Crippen MR) is 133 cm³/mol. The summed E-state index contributed by atoms with van der Waals surface area (Å²) >= 11 is 0. The number of ether oxygens (including phenoxy) is 2. The smallest absolute Gasteiger partial charge is 0.251 e. The molecule has 1 fully saturated rings. The van der Waals surface area contributed by atoms with Crippen LogP contribution in [0, 0.1) is 12.7 Å². The molecule has 0 bridgehead atoms. The van der Waals surface area contributed by atoms with Gasteiger partial charge in [-0.1, -0.05) is 0 Å². The first-order valence-corrected chi connectivity index (χ1v) is 11.4. The van der Waals surface area contributed by atoms with Crippen molar-refractivity contribution in [2.45, 2.75) is 32.2 Å². The number of hydrogen-bond donors (Lipinski definition) is 2. The summed E-state index contributed by atoms with van der Waals surface area (Å²) in [6, 6.07) is 7.12. The van der Waals surface area contributed by atoms with Crippen LogP contribution in [0.5, 0.6) is 0 Å². The van der Waals surface area contributed by atoms with Crippen LogP contribution in [0.25, 0.3) is 11.4 Å². The summed E-state index contributed by atoms with van der Waals surface area (Å²) in [5, 5.41) is 5.93. The summed E-state index contributed by atoms with van der Waals surface area (Å²) in [6.45, 7) is 4.39. The number of nitrogens with one attached hydrogen (secondary N) is 2. The fraction of sp³-hybridized carbons (Fsp3) is 0.417. The van der Waals surface area contributed by atoms with Gasteiger partial charge >= 0.3 is 0 Å². The Morgan fingerprint density at radius 3 is 2.66 bits per heavy atom. The molecule has 3 heterocycles. The summed E-state index contributed by atoms with van der Waals surface area (Å²) in [7, 11) is 1.63. The Labute approximate surface area is 209 Å². The zero-order chi connectivity index (χ0) is 23.9. The van der Waals surface area contributed by atoms with Gasteiger partial charge in [0.05, 0.1) is 18.1 Å². The molecule has 1 aromatic carbocycles. The van der Waals surface area contributed by atoms with E-state index in [2.05, 4.69) is 25.6 Å². The summed E-state index contributed by atoms with van der Waals surface area (Å²) in [5.41, 5.74) is 2.03. The fourth-order valence-electron chi connectivity index (χ4n) is 3.99. The number of imidazole rings is 1. The molecular formula is C24H30ClFN6O3. The molecule has 188 valence electrons. The van der Waals surface area contributed by atoms with Crippen molar-refractivity contribution < 1.29 is 18.7 Å². The molecule has 1 amide bonds. The van der Waals surface area contributed by atoms with Gasteiger partial charge in [-0.2, -0.15) is 0 Å². The average Bonchev–Trinajstić information content (AvgIpc) is 3.25. The number of rotatable bonds is 9. The molecule has 35 heavy (non-hydrogen) atoms. The highest BCUT2D eigenvalue weighted by Gasteiger charge is 2.23. The zero-order valence-electron chi connectivity index (χ0n) is 19.8. The molecule has 0 atom stereocenters. The van der Waals surface area contributed by atoms with Crippen LogP contribution in [0.3, 0.4) is 0 Å². The number of aromatic nitrogens is 4. The third kappa shape index (κ3) is 6.53. The Morgan fingerprint density at radius 2 is 1.94 bits per heavy atom. The lowest BCUT2D eigenvalue weighted by Crippen LogP contribution is -2.25. The lowest BCUT2D eigenvalue weighted by atomic mass is 10.1. The Hall–Kier alpha value is -3.08. The zero-order valence-corrected chi connectivity index (χ0v) is 20.6. The second kappa shape index (κ2) is 12.6. The van der Waals surface area contributed by atoms with E-state index in [4.69, 9.17) is 9.47 Å². The van der Waals surface area contributed by atoms with Crippen LogP contribution in [-0.4, -0.2) is 58.9 Å². The molecule has 0 saturated carbocycles. The quantitative estimate of drug-likeness (QED) is 0.423. The van der Waals surface area contributed by atoms with Crippen LogP contribution >= 0.6 is 12.4 Å². The highest BCUT2D eigenvalue weighted by molar-refractivity contribution is 5.94. The van der Waals surface area contributed by atoms with Crippen LogP contribution in [0.1, 0.15) is 41.5 Å². The van der Waals surface area contributed by atoms with E-state index in [-0.39, 0.29) is 36.0 Å². The van der Waals surface area contributed by atoms with E-state index in [1.807, 2.05) is 11.5 Å². The van der Waals surface area contributed by atoms with Gasteiger partial charge in [0, 0.05) is 50.8 Å². The maximum atomic E-state index is 14.8. The normalized spacial score (nSPS) is 13.8. The van der Waals surface area contributed by atoms with Crippen molar-refractivity contribution in [3.8, 4) is 11.4 Å². The van der Waals surface area contributed by atoms with E-state index in [1.165, 1.54) is 0 Å². The van der Waals surface area contributed by atoms with E-state index in [0.29, 0.717) is 43.3 Å². The summed E-state index contributed by atoms with van der Waals surface area (Å²) < 4.78 is 27.3. The van der Waals surface area contributed by atoms with E-state index in [1.54, 1.807) is 37.6 Å². The van der Waals surface area contributed by atoms with E-state index in [9.17, 15) is 9.18 Å². The van der Waals surface area contributed by atoms with Crippen molar-refractivity contribution in [3.05, 3.63) is 53.9 Å².